The van der Waals surface area contributed by atoms with Crippen molar-refractivity contribution in [3.05, 3.63) is 77.1 Å². The molecular weight excluding hydrogens is 441 g/mol. The number of aromatic nitrogens is 4. The molecule has 6 nitrogen and oxygen atoms in total. The molecule has 0 spiro atoms. The normalized spacial score (nSPS) is 15.1. The number of amides is 1. The summed E-state index contributed by atoms with van der Waals surface area (Å²) < 4.78 is 13.4. The van der Waals surface area contributed by atoms with E-state index in [4.69, 9.17) is 4.98 Å². The minimum Gasteiger partial charge on any atom is -0.337 e. The molecule has 2 N–H and O–H groups in total. The lowest BCUT2D eigenvalue weighted by molar-refractivity contribution is -0.122. The number of hydrogen-bond donors (Lipinski definition) is 2. The van der Waals surface area contributed by atoms with Gasteiger partial charge < -0.3 is 9.88 Å². The maximum absolute atomic E-state index is 13.4. The Balaban J connectivity index is 1.37. The van der Waals surface area contributed by atoms with Gasteiger partial charge in [0.15, 0.2) is 5.82 Å². The minimum absolute atomic E-state index is 0.114. The maximum Gasteiger partial charge on any atom is 0.237 e. The van der Waals surface area contributed by atoms with Gasteiger partial charge in [0.25, 0.3) is 0 Å². The van der Waals surface area contributed by atoms with Gasteiger partial charge in [0.2, 0.25) is 5.91 Å². The number of likely N-dealkylation sites (N-methyl/N-ethyl adjacent to an activating group) is 1. The highest BCUT2D eigenvalue weighted by molar-refractivity contribution is 6.09. The summed E-state index contributed by atoms with van der Waals surface area (Å²) >= 11 is 0. The zero-order valence-corrected chi connectivity index (χ0v) is 19.7. The molecule has 3 heterocycles. The number of aromatic amines is 2. The average molecular weight is 466 g/mol. The number of hydrogen-bond acceptors (Lipinski definition) is 3. The van der Waals surface area contributed by atoms with E-state index in [9.17, 15) is 9.18 Å². The van der Waals surface area contributed by atoms with E-state index in [1.807, 2.05) is 74.2 Å². The van der Waals surface area contributed by atoms with Crippen molar-refractivity contribution in [1.29, 1.82) is 0 Å². The fraction of sp³-hybridized carbons (Fsp3) is 0.179. The molecule has 7 heteroatoms. The number of carbonyl (C=O) groups is 1. The highest BCUT2D eigenvalue weighted by atomic mass is 19.1. The summed E-state index contributed by atoms with van der Waals surface area (Å²) in [5.74, 6) is 0.531. The van der Waals surface area contributed by atoms with Crippen LogP contribution in [-0.2, 0) is 10.2 Å². The quantitative estimate of drug-likeness (QED) is 0.317. The van der Waals surface area contributed by atoms with E-state index < -0.39 is 5.41 Å². The van der Waals surface area contributed by atoms with Gasteiger partial charge in [-0.3, -0.25) is 9.89 Å². The van der Waals surface area contributed by atoms with Gasteiger partial charge in [-0.05, 0) is 73.9 Å². The Morgan fingerprint density at radius 1 is 1.03 bits per heavy atom. The van der Waals surface area contributed by atoms with Crippen molar-refractivity contribution >= 4 is 45.7 Å². The van der Waals surface area contributed by atoms with Crippen LogP contribution in [0.3, 0.4) is 0 Å². The molecule has 0 saturated carbocycles. The summed E-state index contributed by atoms with van der Waals surface area (Å²) in [6, 6.07) is 16.5. The topological polar surface area (TPSA) is 77.7 Å². The summed E-state index contributed by atoms with van der Waals surface area (Å²) in [5, 5.41) is 8.58. The second-order valence-electron chi connectivity index (χ2n) is 9.41. The lowest BCUT2D eigenvalue weighted by atomic mass is 9.86. The van der Waals surface area contributed by atoms with Crippen LogP contribution >= 0.6 is 0 Å². The van der Waals surface area contributed by atoms with Crippen molar-refractivity contribution in [2.24, 2.45) is 0 Å². The smallest absolute Gasteiger partial charge is 0.237 e. The summed E-state index contributed by atoms with van der Waals surface area (Å²) in [4.78, 5) is 22.9. The molecular formula is C28H24FN5O. The third-order valence-corrected chi connectivity index (χ3v) is 6.79. The van der Waals surface area contributed by atoms with Crippen LogP contribution in [0, 0.1) is 5.82 Å². The Hall–Kier alpha value is -4.26. The molecule has 0 atom stereocenters. The number of imidazole rings is 1. The van der Waals surface area contributed by atoms with Crippen LogP contribution in [0.4, 0.5) is 10.1 Å². The van der Waals surface area contributed by atoms with Gasteiger partial charge >= 0.3 is 0 Å². The van der Waals surface area contributed by atoms with Crippen molar-refractivity contribution in [3.63, 3.8) is 0 Å². The van der Waals surface area contributed by atoms with E-state index in [0.29, 0.717) is 12.4 Å². The van der Waals surface area contributed by atoms with Crippen LogP contribution in [0.1, 0.15) is 37.5 Å². The third-order valence-electron chi connectivity index (χ3n) is 6.79. The molecule has 0 unspecified atom stereocenters. The minimum atomic E-state index is -0.576. The SMILES string of the molecule is CCN1C(=O)C(C)(C)c2cc3nc(-c4n[nH]c5cc(C=Cc6cccc(F)c6)ccc45)[nH]c3cc21. The molecule has 3 aromatic carbocycles. The molecule has 0 fully saturated rings. The number of rotatable bonds is 4. The number of benzene rings is 3. The number of fused-ring (bicyclic) bond motifs is 3. The number of nitrogens with zero attached hydrogens (tertiary/aromatic N) is 3. The zero-order valence-electron chi connectivity index (χ0n) is 19.7. The van der Waals surface area contributed by atoms with Gasteiger partial charge in [-0.25, -0.2) is 9.37 Å². The molecule has 1 aliphatic rings. The van der Waals surface area contributed by atoms with Crippen LogP contribution in [0.2, 0.25) is 0 Å². The number of halogens is 1. The number of carbonyl (C=O) groups excluding carboxylic acids is 1. The second kappa shape index (κ2) is 7.63. The molecule has 2 aromatic heterocycles. The zero-order chi connectivity index (χ0) is 24.3. The fourth-order valence-electron chi connectivity index (χ4n) is 4.88. The first-order valence-electron chi connectivity index (χ1n) is 11.6. The Morgan fingerprint density at radius 2 is 1.83 bits per heavy atom. The van der Waals surface area contributed by atoms with Crippen LogP contribution in [0.5, 0.6) is 0 Å². The molecule has 1 amide bonds. The van der Waals surface area contributed by atoms with Gasteiger partial charge in [-0.15, -0.1) is 0 Å². The molecule has 0 aliphatic carbocycles. The summed E-state index contributed by atoms with van der Waals surface area (Å²) in [5.41, 5.74) is 6.43. The van der Waals surface area contributed by atoms with Gasteiger partial charge in [0.1, 0.15) is 11.5 Å². The Kier molecular flexibility index (Phi) is 4.64. The van der Waals surface area contributed by atoms with Gasteiger partial charge in [0, 0.05) is 11.9 Å². The lowest BCUT2D eigenvalue weighted by Crippen LogP contribution is -2.35. The Morgan fingerprint density at radius 3 is 2.60 bits per heavy atom. The lowest BCUT2D eigenvalue weighted by Gasteiger charge is -2.18. The van der Waals surface area contributed by atoms with Crippen molar-refractivity contribution < 1.29 is 9.18 Å². The average Bonchev–Trinajstić information content (AvgIpc) is 3.49. The van der Waals surface area contributed by atoms with Crippen LogP contribution < -0.4 is 4.90 Å². The fourth-order valence-corrected chi connectivity index (χ4v) is 4.88. The first-order chi connectivity index (χ1) is 16.8. The van der Waals surface area contributed by atoms with E-state index in [1.165, 1.54) is 12.1 Å². The van der Waals surface area contributed by atoms with Crippen LogP contribution in [-0.4, -0.2) is 32.6 Å². The van der Waals surface area contributed by atoms with E-state index in [-0.39, 0.29) is 11.7 Å². The number of nitrogens with one attached hydrogen (secondary N) is 2. The predicted octanol–water partition coefficient (Wildman–Crippen LogP) is 6.06. The summed E-state index contributed by atoms with van der Waals surface area (Å²) in [6.45, 7) is 6.54. The van der Waals surface area contributed by atoms with E-state index in [0.717, 1.165) is 50.0 Å². The van der Waals surface area contributed by atoms with Gasteiger partial charge in [-0.2, -0.15) is 5.10 Å². The first-order valence-corrected chi connectivity index (χ1v) is 11.6. The molecule has 35 heavy (non-hydrogen) atoms. The summed E-state index contributed by atoms with van der Waals surface area (Å²) in [7, 11) is 0. The molecule has 0 saturated heterocycles. The highest BCUT2D eigenvalue weighted by Crippen LogP contribution is 2.43. The highest BCUT2D eigenvalue weighted by Gasteiger charge is 2.43. The van der Waals surface area contributed by atoms with Crippen LogP contribution in [0.15, 0.2) is 54.6 Å². The number of H-pyrrole nitrogens is 2. The van der Waals surface area contributed by atoms with Gasteiger partial charge in [0.05, 0.1) is 27.7 Å². The van der Waals surface area contributed by atoms with Crippen LogP contribution in [0.25, 0.3) is 45.6 Å². The molecule has 174 valence electrons. The van der Waals surface area contributed by atoms with E-state index >= 15 is 0 Å². The number of anilines is 1. The van der Waals surface area contributed by atoms with Crippen molar-refractivity contribution in [1.82, 2.24) is 20.2 Å². The second-order valence-corrected chi connectivity index (χ2v) is 9.41. The van der Waals surface area contributed by atoms with Crippen molar-refractivity contribution in [2.45, 2.75) is 26.2 Å². The van der Waals surface area contributed by atoms with E-state index in [2.05, 4.69) is 15.2 Å². The Labute approximate surface area is 201 Å². The maximum atomic E-state index is 13.4. The predicted molar refractivity (Wildman–Crippen MR) is 138 cm³/mol. The van der Waals surface area contributed by atoms with E-state index in [1.54, 1.807) is 6.07 Å². The molecule has 5 aromatic rings. The molecule has 0 bridgehead atoms. The molecule has 1 aliphatic heterocycles. The Bertz CT molecular complexity index is 1660. The molecule has 6 rings (SSSR count). The standard InChI is InChI=1S/C28H24FN5O/c1-4-34-24-15-23-22(14-20(24)28(2,3)27(34)35)30-26(31-23)25-19-11-10-17(13-21(19)32-33-25)9-8-16-6-5-7-18(29)12-16/h5-15H,4H2,1-3H3,(H,30,31)(H,32,33). The monoisotopic (exact) mass is 465 g/mol. The summed E-state index contributed by atoms with van der Waals surface area (Å²) in [6.07, 6.45) is 3.83. The molecule has 0 radical (unpaired) electrons. The van der Waals surface area contributed by atoms with Gasteiger partial charge in [-0.1, -0.05) is 30.4 Å². The van der Waals surface area contributed by atoms with Crippen molar-refractivity contribution in [3.8, 4) is 11.5 Å². The largest absolute Gasteiger partial charge is 0.337 e. The third kappa shape index (κ3) is 3.34. The first kappa shape index (κ1) is 21.3. The van der Waals surface area contributed by atoms with Crippen molar-refractivity contribution in [2.75, 3.05) is 11.4 Å².